The van der Waals surface area contributed by atoms with Gasteiger partial charge in [-0.3, -0.25) is 0 Å². The fraction of sp³-hybridized carbons (Fsp3) is 0.417. The van der Waals surface area contributed by atoms with Crippen LogP contribution in [0.5, 0.6) is 0 Å². The molecule has 15 heavy (non-hydrogen) atoms. The molecule has 0 saturated heterocycles. The molecule has 3 heteroatoms. The van der Waals surface area contributed by atoms with E-state index >= 15 is 0 Å². The third-order valence-electron chi connectivity index (χ3n) is 2.43. The van der Waals surface area contributed by atoms with E-state index in [1.165, 1.54) is 0 Å². The highest BCUT2D eigenvalue weighted by Gasteiger charge is 2.16. The fourth-order valence-corrected chi connectivity index (χ4v) is 1.12. The quantitative estimate of drug-likeness (QED) is 0.790. The van der Waals surface area contributed by atoms with Crippen LogP contribution in [0.1, 0.15) is 25.8 Å². The van der Waals surface area contributed by atoms with Crippen molar-refractivity contribution in [2.45, 2.75) is 25.9 Å². The summed E-state index contributed by atoms with van der Waals surface area (Å²) in [6.45, 7) is 4.21. The van der Waals surface area contributed by atoms with Gasteiger partial charge in [0.25, 0.3) is 0 Å². The lowest BCUT2D eigenvalue weighted by molar-refractivity contribution is 0.0697. The highest BCUT2D eigenvalue weighted by molar-refractivity contribution is 5.49. The van der Waals surface area contributed by atoms with Gasteiger partial charge >= 0.3 is 0 Å². The lowest BCUT2D eigenvalue weighted by atomic mass is 10.0. The SMILES string of the molecule is CCC(C)(O)CNc1cccc(C#N)c1. The first-order valence-corrected chi connectivity index (χ1v) is 5.04. The zero-order valence-electron chi connectivity index (χ0n) is 9.12. The number of nitrogens with zero attached hydrogens (tertiary/aromatic N) is 1. The maximum absolute atomic E-state index is 9.78. The van der Waals surface area contributed by atoms with Crippen LogP contribution in [-0.4, -0.2) is 17.3 Å². The number of nitriles is 1. The van der Waals surface area contributed by atoms with Gasteiger partial charge in [-0.05, 0) is 31.5 Å². The molecular weight excluding hydrogens is 188 g/mol. The molecule has 2 N–H and O–H groups in total. The monoisotopic (exact) mass is 204 g/mol. The predicted octanol–water partition coefficient (Wildman–Crippen LogP) is 2.13. The Balaban J connectivity index is 2.62. The Labute approximate surface area is 90.4 Å². The smallest absolute Gasteiger partial charge is 0.0992 e. The minimum atomic E-state index is -0.706. The molecule has 0 aliphatic rings. The van der Waals surface area contributed by atoms with Crippen LogP contribution < -0.4 is 5.32 Å². The minimum Gasteiger partial charge on any atom is -0.388 e. The van der Waals surface area contributed by atoms with Crippen molar-refractivity contribution in [1.29, 1.82) is 5.26 Å². The molecular formula is C12H16N2O. The van der Waals surface area contributed by atoms with Crippen LogP contribution in [0.2, 0.25) is 0 Å². The number of benzene rings is 1. The average molecular weight is 204 g/mol. The predicted molar refractivity (Wildman–Crippen MR) is 60.6 cm³/mol. The molecule has 1 aromatic rings. The van der Waals surface area contributed by atoms with Gasteiger partial charge in [-0.1, -0.05) is 13.0 Å². The third-order valence-corrected chi connectivity index (χ3v) is 2.43. The van der Waals surface area contributed by atoms with E-state index in [0.717, 1.165) is 5.69 Å². The van der Waals surface area contributed by atoms with E-state index in [2.05, 4.69) is 11.4 Å². The summed E-state index contributed by atoms with van der Waals surface area (Å²) in [5, 5.41) is 21.6. The third kappa shape index (κ3) is 3.61. The Hall–Kier alpha value is -1.53. The molecule has 0 aliphatic heterocycles. The molecule has 0 spiro atoms. The maximum atomic E-state index is 9.78. The van der Waals surface area contributed by atoms with Crippen LogP contribution in [0.4, 0.5) is 5.69 Å². The standard InChI is InChI=1S/C12H16N2O/c1-3-12(2,15)9-14-11-6-4-5-10(7-11)8-13/h4-7,14-15H,3,9H2,1-2H3. The summed E-state index contributed by atoms with van der Waals surface area (Å²) >= 11 is 0. The minimum absolute atomic E-state index is 0.485. The van der Waals surface area contributed by atoms with Crippen molar-refractivity contribution in [2.24, 2.45) is 0 Å². The molecule has 1 rings (SSSR count). The summed E-state index contributed by atoms with van der Waals surface area (Å²) in [6, 6.07) is 9.30. The first-order chi connectivity index (χ1) is 7.07. The average Bonchev–Trinajstić information content (AvgIpc) is 2.27. The van der Waals surface area contributed by atoms with Crippen molar-refractivity contribution in [3.8, 4) is 6.07 Å². The summed E-state index contributed by atoms with van der Waals surface area (Å²) in [6.07, 6.45) is 0.692. The summed E-state index contributed by atoms with van der Waals surface area (Å²) in [4.78, 5) is 0. The number of aliphatic hydroxyl groups is 1. The molecule has 0 heterocycles. The van der Waals surface area contributed by atoms with Gasteiger partial charge in [-0.25, -0.2) is 0 Å². The highest BCUT2D eigenvalue weighted by Crippen LogP contribution is 2.13. The number of hydrogen-bond acceptors (Lipinski definition) is 3. The normalized spacial score (nSPS) is 14.0. The Morgan fingerprint density at radius 3 is 2.87 bits per heavy atom. The van der Waals surface area contributed by atoms with Gasteiger partial charge in [0.1, 0.15) is 0 Å². The molecule has 0 bridgehead atoms. The van der Waals surface area contributed by atoms with Crippen LogP contribution >= 0.6 is 0 Å². The van der Waals surface area contributed by atoms with E-state index in [0.29, 0.717) is 18.5 Å². The molecule has 3 nitrogen and oxygen atoms in total. The van der Waals surface area contributed by atoms with Crippen LogP contribution in [0.25, 0.3) is 0 Å². The topological polar surface area (TPSA) is 56.0 Å². The largest absolute Gasteiger partial charge is 0.388 e. The first kappa shape index (κ1) is 11.5. The lowest BCUT2D eigenvalue weighted by Crippen LogP contribution is -2.32. The summed E-state index contributed by atoms with van der Waals surface area (Å²) in [5.41, 5.74) is 0.779. The number of anilines is 1. The Kier molecular flexibility index (Phi) is 3.70. The van der Waals surface area contributed by atoms with Crippen molar-refractivity contribution in [1.82, 2.24) is 0 Å². The molecule has 0 aliphatic carbocycles. The molecule has 0 fully saturated rings. The van der Waals surface area contributed by atoms with E-state index in [1.807, 2.05) is 19.1 Å². The molecule has 80 valence electrons. The molecule has 0 amide bonds. The van der Waals surface area contributed by atoms with Gasteiger partial charge in [0.2, 0.25) is 0 Å². The second-order valence-corrected chi connectivity index (χ2v) is 3.90. The molecule has 0 radical (unpaired) electrons. The van der Waals surface area contributed by atoms with Crippen LogP contribution in [0.15, 0.2) is 24.3 Å². The second kappa shape index (κ2) is 4.81. The molecule has 1 aromatic carbocycles. The van der Waals surface area contributed by atoms with Crippen molar-refractivity contribution < 1.29 is 5.11 Å². The van der Waals surface area contributed by atoms with Gasteiger partial charge in [-0.2, -0.15) is 5.26 Å². The van der Waals surface area contributed by atoms with E-state index in [-0.39, 0.29) is 0 Å². The summed E-state index contributed by atoms with van der Waals surface area (Å²) < 4.78 is 0. The van der Waals surface area contributed by atoms with Crippen molar-refractivity contribution in [3.05, 3.63) is 29.8 Å². The number of rotatable bonds is 4. The van der Waals surface area contributed by atoms with Gasteiger partial charge in [0, 0.05) is 12.2 Å². The first-order valence-electron chi connectivity index (χ1n) is 5.04. The molecule has 1 atom stereocenters. The highest BCUT2D eigenvalue weighted by atomic mass is 16.3. The second-order valence-electron chi connectivity index (χ2n) is 3.90. The van der Waals surface area contributed by atoms with E-state index in [9.17, 15) is 5.11 Å². The van der Waals surface area contributed by atoms with E-state index in [4.69, 9.17) is 5.26 Å². The van der Waals surface area contributed by atoms with Gasteiger partial charge in [0.05, 0.1) is 17.2 Å². The Bertz CT molecular complexity index is 366. The van der Waals surface area contributed by atoms with Crippen LogP contribution in [-0.2, 0) is 0 Å². The molecule has 0 aromatic heterocycles. The molecule has 0 saturated carbocycles. The fourth-order valence-electron chi connectivity index (χ4n) is 1.12. The summed E-state index contributed by atoms with van der Waals surface area (Å²) in [5.74, 6) is 0. The molecule has 1 unspecified atom stereocenters. The zero-order chi connectivity index (χ0) is 11.3. The van der Waals surface area contributed by atoms with Crippen molar-refractivity contribution in [3.63, 3.8) is 0 Å². The number of hydrogen-bond donors (Lipinski definition) is 2. The summed E-state index contributed by atoms with van der Waals surface area (Å²) in [7, 11) is 0. The zero-order valence-corrected chi connectivity index (χ0v) is 9.12. The Morgan fingerprint density at radius 2 is 2.27 bits per heavy atom. The van der Waals surface area contributed by atoms with Gasteiger partial charge in [0.15, 0.2) is 0 Å². The van der Waals surface area contributed by atoms with Gasteiger partial charge < -0.3 is 10.4 Å². The number of nitrogens with one attached hydrogen (secondary N) is 1. The maximum Gasteiger partial charge on any atom is 0.0992 e. The van der Waals surface area contributed by atoms with Crippen molar-refractivity contribution >= 4 is 5.69 Å². The Morgan fingerprint density at radius 1 is 1.53 bits per heavy atom. The van der Waals surface area contributed by atoms with Gasteiger partial charge in [-0.15, -0.1) is 0 Å². The van der Waals surface area contributed by atoms with Crippen molar-refractivity contribution in [2.75, 3.05) is 11.9 Å². The van der Waals surface area contributed by atoms with Crippen LogP contribution in [0.3, 0.4) is 0 Å². The van der Waals surface area contributed by atoms with Crippen LogP contribution in [0, 0.1) is 11.3 Å². The lowest BCUT2D eigenvalue weighted by Gasteiger charge is -2.22. The van der Waals surface area contributed by atoms with E-state index in [1.54, 1.807) is 19.1 Å². The van der Waals surface area contributed by atoms with E-state index < -0.39 is 5.60 Å².